The van der Waals surface area contributed by atoms with Crippen LogP contribution in [0.2, 0.25) is 0 Å². The molecule has 10 heteroatoms. The van der Waals surface area contributed by atoms with Crippen LogP contribution in [0.1, 0.15) is 73.9 Å². The zero-order valence-electron chi connectivity index (χ0n) is 22.4. The molecule has 0 bridgehead atoms. The molecule has 0 aliphatic rings. The predicted molar refractivity (Wildman–Crippen MR) is 159 cm³/mol. The minimum Gasteiger partial charge on any atom is -0.298 e. The third-order valence-corrected chi connectivity index (χ3v) is 9.08. The standard InChI is InChI=1S/C25H44N4O2S4/c1-8-26-17-19(32)28(22(26)30)21(29-20(33)18-27(9-2)23(29)31)25(6,7)12-16-35-14-10-13-34-15-11-24(3,4)5/h17-18,21,32-33H,8-16H2,1-7H3. The summed E-state index contributed by atoms with van der Waals surface area (Å²) in [7, 11) is 0. The van der Waals surface area contributed by atoms with Crippen molar-refractivity contribution >= 4 is 48.8 Å². The fraction of sp³-hybridized carbons (Fsp3) is 0.760. The number of thioether (sulfide) groups is 2. The fourth-order valence-corrected chi connectivity index (χ4v) is 7.41. The summed E-state index contributed by atoms with van der Waals surface area (Å²) < 4.78 is 6.59. The summed E-state index contributed by atoms with van der Waals surface area (Å²) in [4.78, 5) is 26.5. The van der Waals surface area contributed by atoms with E-state index in [0.29, 0.717) is 28.6 Å². The number of aromatic nitrogens is 4. The largest absolute Gasteiger partial charge is 0.330 e. The number of imidazole rings is 2. The minimum absolute atomic E-state index is 0.153. The Kier molecular flexibility index (Phi) is 11.6. The Morgan fingerprint density at radius 2 is 1.20 bits per heavy atom. The molecule has 35 heavy (non-hydrogen) atoms. The van der Waals surface area contributed by atoms with Gasteiger partial charge in [0.1, 0.15) is 6.17 Å². The van der Waals surface area contributed by atoms with Crippen molar-refractivity contribution in [3.05, 3.63) is 33.4 Å². The van der Waals surface area contributed by atoms with E-state index in [0.717, 1.165) is 17.9 Å². The second-order valence-corrected chi connectivity index (χ2v) is 14.2. The lowest BCUT2D eigenvalue weighted by atomic mass is 9.86. The minimum atomic E-state index is -0.517. The summed E-state index contributed by atoms with van der Waals surface area (Å²) in [5.74, 6) is 4.50. The van der Waals surface area contributed by atoms with E-state index in [9.17, 15) is 9.59 Å². The highest BCUT2D eigenvalue weighted by Crippen LogP contribution is 2.38. The molecule has 0 radical (unpaired) electrons. The molecule has 2 aromatic rings. The van der Waals surface area contributed by atoms with E-state index >= 15 is 0 Å². The molecule has 0 aromatic carbocycles. The summed E-state index contributed by atoms with van der Waals surface area (Å²) >= 11 is 13.3. The Bertz CT molecular complexity index is 997. The Morgan fingerprint density at radius 1 is 0.771 bits per heavy atom. The van der Waals surface area contributed by atoms with Gasteiger partial charge in [-0.05, 0) is 61.5 Å². The molecule has 0 aliphatic carbocycles. The normalized spacial score (nSPS) is 12.7. The van der Waals surface area contributed by atoms with E-state index in [1.165, 1.54) is 24.3 Å². The van der Waals surface area contributed by atoms with Crippen molar-refractivity contribution in [3.8, 4) is 0 Å². The Hall–Kier alpha value is -0.580. The fourth-order valence-electron chi connectivity index (χ4n) is 4.02. The molecular weight excluding hydrogens is 517 g/mol. The SMILES string of the molecule is CCn1cc(S)n(C(n2c(S)cn(CC)c2=O)C(C)(C)CCSCCCSCCC(C)(C)C)c1=O. The summed E-state index contributed by atoms with van der Waals surface area (Å²) in [5.41, 5.74) is -0.278. The smallest absolute Gasteiger partial charge is 0.298 e. The van der Waals surface area contributed by atoms with Gasteiger partial charge in [0.15, 0.2) is 0 Å². The lowest BCUT2D eigenvalue weighted by Gasteiger charge is -2.36. The maximum Gasteiger partial charge on any atom is 0.330 e. The predicted octanol–water partition coefficient (Wildman–Crippen LogP) is 5.99. The van der Waals surface area contributed by atoms with Gasteiger partial charge in [0, 0.05) is 30.9 Å². The van der Waals surface area contributed by atoms with Crippen molar-refractivity contribution in [2.24, 2.45) is 10.8 Å². The molecule has 0 fully saturated rings. The van der Waals surface area contributed by atoms with E-state index in [1.807, 2.05) is 37.4 Å². The van der Waals surface area contributed by atoms with Crippen molar-refractivity contribution in [1.82, 2.24) is 18.3 Å². The highest BCUT2D eigenvalue weighted by Gasteiger charge is 2.37. The Morgan fingerprint density at radius 3 is 1.57 bits per heavy atom. The van der Waals surface area contributed by atoms with E-state index < -0.39 is 6.17 Å². The molecular formula is C25H44N4O2S4. The molecule has 0 unspecified atom stereocenters. The average molecular weight is 561 g/mol. The van der Waals surface area contributed by atoms with Gasteiger partial charge in [0.25, 0.3) is 0 Å². The van der Waals surface area contributed by atoms with Crippen LogP contribution < -0.4 is 11.4 Å². The van der Waals surface area contributed by atoms with Gasteiger partial charge < -0.3 is 0 Å². The van der Waals surface area contributed by atoms with Gasteiger partial charge >= 0.3 is 11.4 Å². The number of hydrogen-bond donors (Lipinski definition) is 2. The van der Waals surface area contributed by atoms with E-state index in [-0.39, 0.29) is 16.8 Å². The monoisotopic (exact) mass is 560 g/mol. The van der Waals surface area contributed by atoms with Crippen molar-refractivity contribution in [1.29, 1.82) is 0 Å². The van der Waals surface area contributed by atoms with Crippen molar-refractivity contribution in [2.45, 2.75) is 97.0 Å². The molecule has 2 aromatic heterocycles. The molecule has 2 rings (SSSR count). The van der Waals surface area contributed by atoms with E-state index in [4.69, 9.17) is 0 Å². The first-order valence-electron chi connectivity index (χ1n) is 12.5. The van der Waals surface area contributed by atoms with Gasteiger partial charge in [-0.2, -0.15) is 23.5 Å². The van der Waals surface area contributed by atoms with Crippen LogP contribution in [0.5, 0.6) is 0 Å². The molecule has 200 valence electrons. The average Bonchev–Trinajstić information content (AvgIpc) is 3.21. The molecule has 0 saturated carbocycles. The number of thiol groups is 2. The Balaban J connectivity index is 2.14. The maximum atomic E-state index is 13.3. The highest BCUT2D eigenvalue weighted by atomic mass is 32.2. The quantitative estimate of drug-likeness (QED) is 0.220. The number of aryl methyl sites for hydroxylation is 2. The van der Waals surface area contributed by atoms with Gasteiger partial charge in [-0.3, -0.25) is 18.3 Å². The lowest BCUT2D eigenvalue weighted by Crippen LogP contribution is -2.44. The molecule has 0 atom stereocenters. The summed E-state index contributed by atoms with van der Waals surface area (Å²) in [6, 6.07) is 0. The summed E-state index contributed by atoms with van der Waals surface area (Å²) in [6.45, 7) is 16.1. The first kappa shape index (κ1) is 30.6. The lowest BCUT2D eigenvalue weighted by molar-refractivity contribution is 0.151. The summed E-state index contributed by atoms with van der Waals surface area (Å²) in [6.07, 6.45) is 6.28. The molecule has 0 spiro atoms. The Labute approximate surface area is 230 Å². The molecule has 0 amide bonds. The third-order valence-electron chi connectivity index (χ3n) is 6.27. The first-order chi connectivity index (χ1) is 16.3. The van der Waals surface area contributed by atoms with Crippen LogP contribution >= 0.6 is 48.8 Å². The van der Waals surface area contributed by atoms with E-state index in [2.05, 4.69) is 59.9 Å². The molecule has 0 saturated heterocycles. The molecule has 0 N–H and O–H groups in total. The maximum absolute atomic E-state index is 13.3. The molecule has 2 heterocycles. The highest BCUT2D eigenvalue weighted by molar-refractivity contribution is 8.00. The van der Waals surface area contributed by atoms with Crippen molar-refractivity contribution in [3.63, 3.8) is 0 Å². The van der Waals surface area contributed by atoms with Crippen LogP contribution in [0.15, 0.2) is 32.0 Å². The molecule has 6 nitrogen and oxygen atoms in total. The number of nitrogens with zero attached hydrogens (tertiary/aromatic N) is 4. The van der Waals surface area contributed by atoms with Gasteiger partial charge in [-0.25, -0.2) is 9.59 Å². The van der Waals surface area contributed by atoms with Crippen molar-refractivity contribution < 1.29 is 0 Å². The van der Waals surface area contributed by atoms with Crippen molar-refractivity contribution in [2.75, 3.05) is 23.0 Å². The van der Waals surface area contributed by atoms with Crippen LogP contribution in [0.3, 0.4) is 0 Å². The third kappa shape index (κ3) is 8.20. The van der Waals surface area contributed by atoms with Gasteiger partial charge in [-0.15, -0.1) is 25.3 Å². The van der Waals surface area contributed by atoms with Gasteiger partial charge in [0.2, 0.25) is 0 Å². The van der Waals surface area contributed by atoms with Gasteiger partial charge in [-0.1, -0.05) is 34.6 Å². The number of hydrogen-bond acceptors (Lipinski definition) is 6. The zero-order valence-corrected chi connectivity index (χ0v) is 25.8. The topological polar surface area (TPSA) is 53.9 Å². The summed E-state index contributed by atoms with van der Waals surface area (Å²) in [5, 5.41) is 1.11. The van der Waals surface area contributed by atoms with Crippen LogP contribution in [0.4, 0.5) is 0 Å². The van der Waals surface area contributed by atoms with Crippen LogP contribution in [0, 0.1) is 10.8 Å². The van der Waals surface area contributed by atoms with Crippen LogP contribution in [-0.2, 0) is 13.1 Å². The van der Waals surface area contributed by atoms with Gasteiger partial charge in [0.05, 0.1) is 10.1 Å². The first-order valence-corrected chi connectivity index (χ1v) is 15.7. The van der Waals surface area contributed by atoms with Crippen LogP contribution in [-0.4, -0.2) is 41.3 Å². The molecule has 0 aliphatic heterocycles. The zero-order chi connectivity index (χ0) is 26.4. The van der Waals surface area contributed by atoms with E-state index in [1.54, 1.807) is 30.7 Å². The second-order valence-electron chi connectivity index (χ2n) is 10.9. The van der Waals surface area contributed by atoms with Crippen LogP contribution in [0.25, 0.3) is 0 Å². The number of rotatable bonds is 14. The second kappa shape index (κ2) is 13.3.